The van der Waals surface area contributed by atoms with Gasteiger partial charge in [-0.3, -0.25) is 14.4 Å². The molecule has 1 saturated carbocycles. The first-order chi connectivity index (χ1) is 16.0. The largest absolute Gasteiger partial charge is 0.451 e. The van der Waals surface area contributed by atoms with Crippen molar-refractivity contribution in [3.63, 3.8) is 0 Å². The summed E-state index contributed by atoms with van der Waals surface area (Å²) >= 11 is 1.26. The van der Waals surface area contributed by atoms with Gasteiger partial charge in [-0.2, -0.15) is 0 Å². The Balaban J connectivity index is 1.59. The van der Waals surface area contributed by atoms with E-state index in [0.29, 0.717) is 21.7 Å². The second-order valence-electron chi connectivity index (χ2n) is 9.32. The number of hydrogen-bond donors (Lipinski definition) is 2. The lowest BCUT2D eigenvalue weighted by Gasteiger charge is -2.18. The third-order valence-corrected chi connectivity index (χ3v) is 6.24. The van der Waals surface area contributed by atoms with E-state index in [1.165, 1.54) is 18.7 Å². The SMILES string of the molecule is C[C@@H](OC(=O)c1ccccc1SCC(=O)NC1CC1)C(=O)c1ccc(NC(=O)C(C)(C)C)cc1. The molecule has 2 amide bonds. The number of Topliss-reactive ketones (excluding diaryl/α,β-unsaturated/α-hetero) is 1. The number of esters is 1. The molecule has 0 radical (unpaired) electrons. The van der Waals surface area contributed by atoms with E-state index in [9.17, 15) is 19.2 Å². The van der Waals surface area contributed by atoms with Gasteiger partial charge in [0.1, 0.15) is 0 Å². The summed E-state index contributed by atoms with van der Waals surface area (Å²) in [5.74, 6) is -0.971. The summed E-state index contributed by atoms with van der Waals surface area (Å²) < 4.78 is 5.44. The molecule has 1 fully saturated rings. The van der Waals surface area contributed by atoms with E-state index in [4.69, 9.17) is 4.74 Å². The number of amides is 2. The number of hydrogen-bond acceptors (Lipinski definition) is 6. The maximum atomic E-state index is 12.8. The lowest BCUT2D eigenvalue weighted by Crippen LogP contribution is -2.28. The van der Waals surface area contributed by atoms with E-state index in [0.717, 1.165) is 12.8 Å². The number of ether oxygens (including phenoxy) is 1. The summed E-state index contributed by atoms with van der Waals surface area (Å²) in [4.78, 5) is 50.3. The van der Waals surface area contributed by atoms with E-state index in [1.807, 2.05) is 20.8 Å². The summed E-state index contributed by atoms with van der Waals surface area (Å²) in [7, 11) is 0. The summed E-state index contributed by atoms with van der Waals surface area (Å²) in [5.41, 5.74) is 0.727. The van der Waals surface area contributed by atoms with Crippen LogP contribution in [-0.4, -0.2) is 41.5 Å². The van der Waals surface area contributed by atoms with Gasteiger partial charge in [-0.15, -0.1) is 11.8 Å². The average Bonchev–Trinajstić information content (AvgIpc) is 3.61. The summed E-state index contributed by atoms with van der Waals surface area (Å²) in [5, 5.41) is 5.72. The van der Waals surface area contributed by atoms with Gasteiger partial charge in [0.2, 0.25) is 17.6 Å². The zero-order valence-electron chi connectivity index (χ0n) is 19.8. The van der Waals surface area contributed by atoms with Gasteiger partial charge in [0.05, 0.1) is 11.3 Å². The third-order valence-electron chi connectivity index (χ3n) is 5.17. The number of carbonyl (C=O) groups excluding carboxylic acids is 4. The molecule has 0 aromatic heterocycles. The Morgan fingerprint density at radius 1 is 1.03 bits per heavy atom. The average molecular weight is 483 g/mol. The van der Waals surface area contributed by atoms with Crippen LogP contribution in [-0.2, 0) is 14.3 Å². The molecule has 8 heteroatoms. The number of ketones is 1. The molecule has 3 rings (SSSR count). The first kappa shape index (κ1) is 25.5. The quantitative estimate of drug-likeness (QED) is 0.311. The van der Waals surface area contributed by atoms with E-state index in [2.05, 4.69) is 10.6 Å². The van der Waals surface area contributed by atoms with Gasteiger partial charge in [0.15, 0.2) is 6.10 Å². The second kappa shape index (κ2) is 10.9. The predicted molar refractivity (Wildman–Crippen MR) is 132 cm³/mol. The Bertz CT molecular complexity index is 1070. The molecule has 0 heterocycles. The normalized spacial score (nSPS) is 14.1. The Labute approximate surface area is 204 Å². The molecule has 180 valence electrons. The Morgan fingerprint density at radius 2 is 1.68 bits per heavy atom. The molecule has 0 spiro atoms. The molecule has 0 saturated heterocycles. The molecule has 1 atom stereocenters. The fraction of sp³-hybridized carbons (Fsp3) is 0.385. The van der Waals surface area contributed by atoms with Gasteiger partial charge in [-0.1, -0.05) is 32.9 Å². The lowest BCUT2D eigenvalue weighted by molar-refractivity contribution is -0.123. The smallest absolute Gasteiger partial charge is 0.339 e. The molecule has 7 nitrogen and oxygen atoms in total. The van der Waals surface area contributed by atoms with Gasteiger partial charge in [-0.25, -0.2) is 4.79 Å². The highest BCUT2D eigenvalue weighted by atomic mass is 32.2. The van der Waals surface area contributed by atoms with Crippen molar-refractivity contribution >= 4 is 41.0 Å². The van der Waals surface area contributed by atoms with Crippen molar-refractivity contribution < 1.29 is 23.9 Å². The number of anilines is 1. The van der Waals surface area contributed by atoms with Crippen molar-refractivity contribution in [1.82, 2.24) is 5.32 Å². The number of thioether (sulfide) groups is 1. The Kier molecular flexibility index (Phi) is 8.15. The van der Waals surface area contributed by atoms with Crippen molar-refractivity contribution in [2.75, 3.05) is 11.1 Å². The minimum absolute atomic E-state index is 0.0682. The number of carbonyl (C=O) groups is 4. The molecule has 0 bridgehead atoms. The topological polar surface area (TPSA) is 102 Å². The Hall–Kier alpha value is -3.13. The van der Waals surface area contributed by atoms with E-state index < -0.39 is 17.5 Å². The van der Waals surface area contributed by atoms with Gasteiger partial charge < -0.3 is 15.4 Å². The van der Waals surface area contributed by atoms with Crippen LogP contribution in [0.4, 0.5) is 5.69 Å². The first-order valence-electron chi connectivity index (χ1n) is 11.2. The first-order valence-corrected chi connectivity index (χ1v) is 12.2. The molecule has 34 heavy (non-hydrogen) atoms. The van der Waals surface area contributed by atoms with Crippen LogP contribution in [0.3, 0.4) is 0 Å². The highest BCUT2D eigenvalue weighted by Crippen LogP contribution is 2.25. The van der Waals surface area contributed by atoms with Crippen LogP contribution in [0.2, 0.25) is 0 Å². The maximum absolute atomic E-state index is 12.8. The van der Waals surface area contributed by atoms with Crippen molar-refractivity contribution in [1.29, 1.82) is 0 Å². The van der Waals surface area contributed by atoms with Gasteiger partial charge in [0, 0.05) is 27.6 Å². The second-order valence-corrected chi connectivity index (χ2v) is 10.3. The van der Waals surface area contributed by atoms with E-state index in [1.54, 1.807) is 48.5 Å². The predicted octanol–water partition coefficient (Wildman–Crippen LogP) is 4.47. The van der Waals surface area contributed by atoms with Crippen molar-refractivity contribution in [2.45, 2.75) is 57.6 Å². The summed E-state index contributed by atoms with van der Waals surface area (Å²) in [6, 6.07) is 13.6. The van der Waals surface area contributed by atoms with Crippen LogP contribution < -0.4 is 10.6 Å². The molecular formula is C26H30N2O5S. The Morgan fingerprint density at radius 3 is 2.29 bits per heavy atom. The van der Waals surface area contributed by atoms with Crippen molar-refractivity contribution in [3.05, 3.63) is 59.7 Å². The zero-order valence-corrected chi connectivity index (χ0v) is 20.7. The molecule has 1 aliphatic carbocycles. The minimum Gasteiger partial charge on any atom is -0.451 e. The third kappa shape index (κ3) is 7.18. The molecule has 0 unspecified atom stereocenters. The van der Waals surface area contributed by atoms with Crippen LogP contribution in [0.5, 0.6) is 0 Å². The van der Waals surface area contributed by atoms with Crippen LogP contribution in [0.1, 0.15) is 61.3 Å². The highest BCUT2D eigenvalue weighted by molar-refractivity contribution is 8.00. The summed E-state index contributed by atoms with van der Waals surface area (Å²) in [6.07, 6.45) is 1.03. The number of rotatable bonds is 9. The zero-order chi connectivity index (χ0) is 24.9. The fourth-order valence-electron chi connectivity index (χ4n) is 2.95. The minimum atomic E-state index is -1.00. The van der Waals surface area contributed by atoms with E-state index >= 15 is 0 Å². The fourth-order valence-corrected chi connectivity index (χ4v) is 3.80. The van der Waals surface area contributed by atoms with Crippen LogP contribution in [0.25, 0.3) is 0 Å². The number of nitrogens with one attached hydrogen (secondary N) is 2. The molecule has 1 aliphatic rings. The molecular weight excluding hydrogens is 452 g/mol. The maximum Gasteiger partial charge on any atom is 0.339 e. The molecule has 2 N–H and O–H groups in total. The van der Waals surface area contributed by atoms with E-state index in [-0.39, 0.29) is 29.4 Å². The molecule has 2 aromatic carbocycles. The summed E-state index contributed by atoms with van der Waals surface area (Å²) in [6.45, 7) is 6.97. The van der Waals surface area contributed by atoms with Crippen molar-refractivity contribution in [2.24, 2.45) is 5.41 Å². The van der Waals surface area contributed by atoms with Crippen LogP contribution in [0, 0.1) is 5.41 Å². The number of benzene rings is 2. The van der Waals surface area contributed by atoms with Gasteiger partial charge in [-0.05, 0) is 56.2 Å². The van der Waals surface area contributed by atoms with Crippen LogP contribution in [0.15, 0.2) is 53.4 Å². The van der Waals surface area contributed by atoms with Gasteiger partial charge in [0.25, 0.3) is 0 Å². The molecule has 2 aromatic rings. The highest BCUT2D eigenvalue weighted by Gasteiger charge is 2.25. The monoisotopic (exact) mass is 482 g/mol. The van der Waals surface area contributed by atoms with Crippen molar-refractivity contribution in [3.8, 4) is 0 Å². The lowest BCUT2D eigenvalue weighted by atomic mass is 9.95. The van der Waals surface area contributed by atoms with Gasteiger partial charge >= 0.3 is 5.97 Å². The standard InChI is InChI=1S/C26H30N2O5S/c1-16(23(30)17-9-11-19(12-10-17)28-25(32)26(2,3)4)33-24(31)20-7-5-6-8-21(20)34-15-22(29)27-18-13-14-18/h5-12,16,18H,13-15H2,1-4H3,(H,27,29)(H,28,32)/t16-/m1/s1. The van der Waals surface area contributed by atoms with Crippen LogP contribution >= 0.6 is 11.8 Å². The molecule has 0 aliphatic heterocycles.